The molecular formula is C22H11Cl4FN2O3S. The topological polar surface area (TPSA) is 57.7 Å². The van der Waals surface area contributed by atoms with E-state index in [4.69, 9.17) is 46.4 Å². The number of amides is 3. The molecule has 168 valence electrons. The lowest BCUT2D eigenvalue weighted by molar-refractivity contribution is -0.130. The molecule has 2 aromatic carbocycles. The molecule has 0 saturated carbocycles. The highest BCUT2D eigenvalue weighted by atomic mass is 35.5. The van der Waals surface area contributed by atoms with E-state index in [9.17, 15) is 18.8 Å². The first-order chi connectivity index (χ1) is 15.6. The highest BCUT2D eigenvalue weighted by Crippen LogP contribution is 2.50. The Balaban J connectivity index is 1.64. The molecule has 11 heteroatoms. The molecule has 33 heavy (non-hydrogen) atoms. The van der Waals surface area contributed by atoms with E-state index in [0.29, 0.717) is 16.1 Å². The second-order valence-corrected chi connectivity index (χ2v) is 10.0. The number of imide groups is 1. The average molecular weight is 544 g/mol. The summed E-state index contributed by atoms with van der Waals surface area (Å²) < 4.78 is 14.0. The summed E-state index contributed by atoms with van der Waals surface area (Å²) in [4.78, 5) is 43.0. The van der Waals surface area contributed by atoms with Crippen molar-refractivity contribution in [1.82, 2.24) is 4.90 Å². The molecule has 0 bridgehead atoms. The summed E-state index contributed by atoms with van der Waals surface area (Å²) >= 11 is 26.0. The molecule has 2 atom stereocenters. The summed E-state index contributed by atoms with van der Waals surface area (Å²) in [6.07, 6.45) is 0. The van der Waals surface area contributed by atoms with Gasteiger partial charge >= 0.3 is 0 Å². The first-order valence-electron chi connectivity index (χ1n) is 9.51. The molecule has 3 amide bonds. The van der Waals surface area contributed by atoms with Crippen LogP contribution in [-0.4, -0.2) is 28.7 Å². The van der Waals surface area contributed by atoms with Crippen LogP contribution < -0.4 is 4.90 Å². The van der Waals surface area contributed by atoms with Crippen LogP contribution >= 0.6 is 57.7 Å². The third kappa shape index (κ3) is 3.14. The van der Waals surface area contributed by atoms with E-state index in [1.54, 1.807) is 25.1 Å². The zero-order chi connectivity index (χ0) is 23.8. The summed E-state index contributed by atoms with van der Waals surface area (Å²) in [5.74, 6) is -2.65. The summed E-state index contributed by atoms with van der Waals surface area (Å²) in [7, 11) is 0. The van der Waals surface area contributed by atoms with Gasteiger partial charge in [-0.05, 0) is 36.1 Å². The summed E-state index contributed by atoms with van der Waals surface area (Å²) in [6, 6.07) is 5.77. The Labute approximate surface area is 211 Å². The Bertz CT molecular complexity index is 1330. The predicted molar refractivity (Wildman–Crippen MR) is 126 cm³/mol. The van der Waals surface area contributed by atoms with Gasteiger partial charge < -0.3 is 0 Å². The fraction of sp³-hybridized carbons (Fsp3) is 0.136. The van der Waals surface area contributed by atoms with Crippen LogP contribution in [-0.2, 0) is 4.79 Å². The lowest BCUT2D eigenvalue weighted by Gasteiger charge is -2.49. The molecule has 1 fully saturated rings. The minimum atomic E-state index is -1.18. The van der Waals surface area contributed by atoms with Crippen molar-refractivity contribution in [2.45, 2.75) is 19.0 Å². The van der Waals surface area contributed by atoms with Gasteiger partial charge in [-0.15, -0.1) is 11.3 Å². The van der Waals surface area contributed by atoms with Gasteiger partial charge in [0.05, 0.1) is 36.9 Å². The van der Waals surface area contributed by atoms with Gasteiger partial charge in [0.2, 0.25) is 0 Å². The highest BCUT2D eigenvalue weighted by molar-refractivity contribution is 7.10. The van der Waals surface area contributed by atoms with Crippen molar-refractivity contribution < 1.29 is 18.8 Å². The molecule has 0 N–H and O–H groups in total. The second-order valence-electron chi connectivity index (χ2n) is 7.53. The van der Waals surface area contributed by atoms with E-state index in [1.165, 1.54) is 28.4 Å². The van der Waals surface area contributed by atoms with Crippen molar-refractivity contribution in [3.8, 4) is 0 Å². The SMILES string of the molecule is Cc1ccc(F)cc1N1C(=O)[C@@H](N2C(=O)c3c(Cl)c(Cl)c(Cl)c(Cl)c3C2=O)[C@H]1c1cccs1. The fourth-order valence-corrected chi connectivity index (χ4v) is 6.06. The number of hydrogen-bond donors (Lipinski definition) is 0. The number of anilines is 1. The molecule has 0 unspecified atom stereocenters. The Hall–Kier alpha value is -2.16. The van der Waals surface area contributed by atoms with Crippen molar-refractivity contribution in [3.05, 3.63) is 83.2 Å². The number of nitrogens with zero attached hydrogens (tertiary/aromatic N) is 2. The molecule has 2 aliphatic rings. The Morgan fingerprint density at radius 2 is 1.45 bits per heavy atom. The number of aryl methyl sites for hydroxylation is 1. The van der Waals surface area contributed by atoms with Crippen LogP contribution in [0.5, 0.6) is 0 Å². The lowest BCUT2D eigenvalue weighted by atomic mass is 9.90. The van der Waals surface area contributed by atoms with Crippen LogP contribution in [0.15, 0.2) is 35.7 Å². The number of rotatable bonds is 3. The first-order valence-corrected chi connectivity index (χ1v) is 11.9. The number of carbonyl (C=O) groups is 3. The first kappa shape index (κ1) is 22.6. The van der Waals surface area contributed by atoms with Gasteiger partial charge in [-0.2, -0.15) is 0 Å². The second kappa shape index (κ2) is 7.96. The van der Waals surface area contributed by atoms with Crippen molar-refractivity contribution in [1.29, 1.82) is 0 Å². The van der Waals surface area contributed by atoms with Crippen molar-refractivity contribution in [3.63, 3.8) is 0 Å². The van der Waals surface area contributed by atoms with Crippen LogP contribution in [0.3, 0.4) is 0 Å². The van der Waals surface area contributed by atoms with E-state index in [-0.39, 0.29) is 31.2 Å². The maximum absolute atomic E-state index is 14.0. The smallest absolute Gasteiger partial charge is 0.264 e. The Morgan fingerprint density at radius 1 is 0.848 bits per heavy atom. The van der Waals surface area contributed by atoms with E-state index in [0.717, 1.165) is 4.90 Å². The number of thiophene rings is 1. The lowest BCUT2D eigenvalue weighted by Crippen LogP contribution is -2.67. The van der Waals surface area contributed by atoms with Gasteiger partial charge in [-0.3, -0.25) is 24.2 Å². The maximum Gasteiger partial charge on any atom is 0.264 e. The van der Waals surface area contributed by atoms with Crippen molar-refractivity contribution in [2.24, 2.45) is 0 Å². The minimum Gasteiger partial charge on any atom is -0.299 e. The van der Waals surface area contributed by atoms with Gasteiger partial charge in [-0.25, -0.2) is 4.39 Å². The van der Waals surface area contributed by atoms with Gasteiger partial charge in [0, 0.05) is 4.88 Å². The van der Waals surface area contributed by atoms with E-state index >= 15 is 0 Å². The van der Waals surface area contributed by atoms with E-state index in [2.05, 4.69) is 0 Å². The zero-order valence-corrected chi connectivity index (χ0v) is 20.4. The summed E-state index contributed by atoms with van der Waals surface area (Å²) in [5, 5.41) is 1.08. The Kier molecular flexibility index (Phi) is 5.46. The minimum absolute atomic E-state index is 0.156. The van der Waals surface area contributed by atoms with Crippen LogP contribution in [0.4, 0.5) is 10.1 Å². The average Bonchev–Trinajstić information content (AvgIpc) is 3.39. The molecule has 0 aliphatic carbocycles. The monoisotopic (exact) mass is 542 g/mol. The number of hydrogen-bond acceptors (Lipinski definition) is 4. The number of benzene rings is 2. The van der Waals surface area contributed by atoms with Crippen LogP contribution in [0.25, 0.3) is 0 Å². The predicted octanol–water partition coefficient (Wildman–Crippen LogP) is 6.56. The number of β-lactam (4-membered cyclic amide) rings is 1. The van der Waals surface area contributed by atoms with Gasteiger partial charge in [-0.1, -0.05) is 58.5 Å². The quantitative estimate of drug-likeness (QED) is 0.163. The van der Waals surface area contributed by atoms with Gasteiger partial charge in [0.15, 0.2) is 0 Å². The zero-order valence-electron chi connectivity index (χ0n) is 16.5. The molecule has 5 nitrogen and oxygen atoms in total. The van der Waals surface area contributed by atoms with Gasteiger partial charge in [0.25, 0.3) is 17.7 Å². The molecule has 5 rings (SSSR count). The number of carbonyl (C=O) groups excluding carboxylic acids is 3. The van der Waals surface area contributed by atoms with Gasteiger partial charge in [0.1, 0.15) is 17.9 Å². The summed E-state index contributed by atoms with van der Waals surface area (Å²) in [6.45, 7) is 1.74. The Morgan fingerprint density at radius 3 is 2.00 bits per heavy atom. The largest absolute Gasteiger partial charge is 0.299 e. The molecule has 0 radical (unpaired) electrons. The summed E-state index contributed by atoms with van der Waals surface area (Å²) in [5.41, 5.74) is 0.628. The van der Waals surface area contributed by atoms with Crippen LogP contribution in [0.2, 0.25) is 20.1 Å². The third-order valence-electron chi connectivity index (χ3n) is 5.74. The molecule has 3 aromatic rings. The maximum atomic E-state index is 14.0. The van der Waals surface area contributed by atoms with Crippen molar-refractivity contribution >= 4 is 81.1 Å². The van der Waals surface area contributed by atoms with Crippen LogP contribution in [0.1, 0.15) is 37.2 Å². The van der Waals surface area contributed by atoms with Crippen LogP contribution in [0, 0.1) is 12.7 Å². The molecule has 0 spiro atoms. The highest BCUT2D eigenvalue weighted by Gasteiger charge is 2.59. The third-order valence-corrected chi connectivity index (χ3v) is 8.49. The molecule has 1 aromatic heterocycles. The fourth-order valence-electron chi connectivity index (χ4n) is 4.20. The normalized spacial score (nSPS) is 19.9. The van der Waals surface area contributed by atoms with E-state index < -0.39 is 35.6 Å². The molecule has 3 heterocycles. The number of halogens is 5. The molecule has 1 saturated heterocycles. The molecule has 2 aliphatic heterocycles. The standard InChI is InChI=1S/C22H11Cl4FN2O3S/c1-8-4-5-9(27)7-10(8)28-18(11-3-2-6-33-11)19(22(28)32)29-20(30)12-13(21(29)31)15(24)17(26)16(25)14(12)23/h2-7,18-19H,1H3/t18-,19+/m1/s1. The van der Waals surface area contributed by atoms with E-state index in [1.807, 2.05) is 5.38 Å². The number of fused-ring (bicyclic) bond motifs is 1. The van der Waals surface area contributed by atoms with Crippen molar-refractivity contribution in [2.75, 3.05) is 4.90 Å². The molecular weight excluding hydrogens is 533 g/mol.